The molecule has 1 aromatic rings. The number of hydrogen-bond donors (Lipinski definition) is 1. The summed E-state index contributed by atoms with van der Waals surface area (Å²) in [4.78, 5) is 0. The van der Waals surface area contributed by atoms with E-state index in [9.17, 15) is 0 Å². The number of hydrogen-bond acceptors (Lipinski definition) is 4. The molecule has 5 nitrogen and oxygen atoms in total. The van der Waals surface area contributed by atoms with Gasteiger partial charge in [-0.1, -0.05) is 26.7 Å². The van der Waals surface area contributed by atoms with Gasteiger partial charge < -0.3 is 5.32 Å². The van der Waals surface area contributed by atoms with E-state index in [2.05, 4.69) is 41.6 Å². The SMILES string of the molecule is CC(C)NCc1nnnn1C1(C)CCCC1. The molecule has 1 aromatic heterocycles. The third-order valence-electron chi connectivity index (χ3n) is 3.39. The van der Waals surface area contributed by atoms with Crippen molar-refractivity contribution >= 4 is 0 Å². The van der Waals surface area contributed by atoms with E-state index in [1.807, 2.05) is 4.68 Å². The molecule has 0 unspecified atom stereocenters. The van der Waals surface area contributed by atoms with Crippen LogP contribution in [-0.4, -0.2) is 26.2 Å². The number of nitrogens with zero attached hydrogens (tertiary/aromatic N) is 4. The first-order valence-electron chi connectivity index (χ1n) is 6.13. The molecule has 0 saturated heterocycles. The van der Waals surface area contributed by atoms with Crippen LogP contribution in [-0.2, 0) is 12.1 Å². The third-order valence-corrected chi connectivity index (χ3v) is 3.39. The van der Waals surface area contributed by atoms with Gasteiger partial charge in [-0.15, -0.1) is 5.10 Å². The molecule has 1 aliphatic carbocycles. The van der Waals surface area contributed by atoms with Gasteiger partial charge in [-0.25, -0.2) is 4.68 Å². The first-order chi connectivity index (χ1) is 7.62. The zero-order valence-corrected chi connectivity index (χ0v) is 10.4. The van der Waals surface area contributed by atoms with E-state index >= 15 is 0 Å². The van der Waals surface area contributed by atoms with Crippen molar-refractivity contribution in [2.75, 3.05) is 0 Å². The molecule has 0 spiro atoms. The first kappa shape index (κ1) is 11.5. The van der Waals surface area contributed by atoms with Gasteiger partial charge in [-0.05, 0) is 30.2 Å². The summed E-state index contributed by atoms with van der Waals surface area (Å²) in [6.45, 7) is 7.27. The number of tetrazole rings is 1. The van der Waals surface area contributed by atoms with Crippen LogP contribution in [0.3, 0.4) is 0 Å². The maximum atomic E-state index is 4.16. The maximum Gasteiger partial charge on any atom is 0.165 e. The Balaban J connectivity index is 2.12. The van der Waals surface area contributed by atoms with E-state index in [0.29, 0.717) is 6.04 Å². The van der Waals surface area contributed by atoms with Crippen LogP contribution in [0.15, 0.2) is 0 Å². The predicted molar refractivity (Wildman–Crippen MR) is 61.9 cm³/mol. The summed E-state index contributed by atoms with van der Waals surface area (Å²) >= 11 is 0. The first-order valence-corrected chi connectivity index (χ1v) is 6.13. The highest BCUT2D eigenvalue weighted by atomic mass is 15.6. The molecular formula is C11H21N5. The fraction of sp³-hybridized carbons (Fsp3) is 0.909. The van der Waals surface area contributed by atoms with Crippen molar-refractivity contribution in [1.29, 1.82) is 0 Å². The zero-order chi connectivity index (χ0) is 11.6. The van der Waals surface area contributed by atoms with E-state index in [4.69, 9.17) is 0 Å². The summed E-state index contributed by atoms with van der Waals surface area (Å²) in [5.74, 6) is 0.957. The predicted octanol–water partition coefficient (Wildman–Crippen LogP) is 1.46. The molecule has 1 saturated carbocycles. The average Bonchev–Trinajstić information content (AvgIpc) is 2.83. The Morgan fingerprint density at radius 3 is 2.69 bits per heavy atom. The summed E-state index contributed by atoms with van der Waals surface area (Å²) in [5, 5.41) is 15.5. The molecule has 1 N–H and O–H groups in total. The molecule has 5 heteroatoms. The second-order valence-electron chi connectivity index (χ2n) is 5.25. The van der Waals surface area contributed by atoms with Crippen molar-refractivity contribution in [2.45, 2.75) is 64.6 Å². The topological polar surface area (TPSA) is 55.6 Å². The Morgan fingerprint density at radius 2 is 2.06 bits per heavy atom. The second kappa shape index (κ2) is 4.49. The van der Waals surface area contributed by atoms with Gasteiger partial charge in [0.2, 0.25) is 0 Å². The van der Waals surface area contributed by atoms with Crippen LogP contribution in [0.25, 0.3) is 0 Å². The second-order valence-corrected chi connectivity index (χ2v) is 5.25. The summed E-state index contributed by atoms with van der Waals surface area (Å²) in [6, 6.07) is 0.460. The van der Waals surface area contributed by atoms with Crippen molar-refractivity contribution < 1.29 is 0 Å². The van der Waals surface area contributed by atoms with Crippen LogP contribution in [0.4, 0.5) is 0 Å². The van der Waals surface area contributed by atoms with E-state index in [0.717, 1.165) is 12.4 Å². The lowest BCUT2D eigenvalue weighted by Gasteiger charge is -2.24. The van der Waals surface area contributed by atoms with Gasteiger partial charge in [0.1, 0.15) is 0 Å². The maximum absolute atomic E-state index is 4.16. The number of nitrogens with one attached hydrogen (secondary N) is 1. The van der Waals surface area contributed by atoms with Gasteiger partial charge in [0, 0.05) is 6.04 Å². The minimum Gasteiger partial charge on any atom is -0.308 e. The van der Waals surface area contributed by atoms with E-state index in [1.165, 1.54) is 25.7 Å². The lowest BCUT2D eigenvalue weighted by molar-refractivity contribution is 0.277. The van der Waals surface area contributed by atoms with Crippen LogP contribution in [0.5, 0.6) is 0 Å². The highest BCUT2D eigenvalue weighted by Crippen LogP contribution is 2.35. The van der Waals surface area contributed by atoms with Crippen molar-refractivity contribution in [3.8, 4) is 0 Å². The Kier molecular flexibility index (Phi) is 3.23. The number of rotatable bonds is 4. The largest absolute Gasteiger partial charge is 0.308 e. The fourth-order valence-corrected chi connectivity index (χ4v) is 2.38. The molecule has 90 valence electrons. The van der Waals surface area contributed by atoms with Crippen molar-refractivity contribution in [3.05, 3.63) is 5.82 Å². The summed E-state index contributed by atoms with van der Waals surface area (Å²) in [7, 11) is 0. The summed E-state index contributed by atoms with van der Waals surface area (Å²) in [6.07, 6.45) is 4.94. The van der Waals surface area contributed by atoms with Crippen LogP contribution in [0, 0.1) is 0 Å². The molecule has 0 amide bonds. The van der Waals surface area contributed by atoms with E-state index < -0.39 is 0 Å². The minimum absolute atomic E-state index is 0.136. The molecule has 1 aliphatic rings. The Labute approximate surface area is 96.6 Å². The van der Waals surface area contributed by atoms with Gasteiger partial charge >= 0.3 is 0 Å². The van der Waals surface area contributed by atoms with Crippen molar-refractivity contribution in [3.63, 3.8) is 0 Å². The molecule has 1 fully saturated rings. The summed E-state index contributed by atoms with van der Waals surface area (Å²) < 4.78 is 2.02. The van der Waals surface area contributed by atoms with Crippen molar-refractivity contribution in [2.24, 2.45) is 0 Å². The highest BCUT2D eigenvalue weighted by Gasteiger charge is 2.33. The van der Waals surface area contributed by atoms with Crippen LogP contribution < -0.4 is 5.32 Å². The fourth-order valence-electron chi connectivity index (χ4n) is 2.38. The van der Waals surface area contributed by atoms with Gasteiger partial charge in [0.15, 0.2) is 5.82 Å². The Hall–Kier alpha value is -0.970. The molecular weight excluding hydrogens is 202 g/mol. The highest BCUT2D eigenvalue weighted by molar-refractivity contribution is 4.93. The number of aromatic nitrogens is 4. The van der Waals surface area contributed by atoms with Crippen LogP contribution in [0.1, 0.15) is 52.3 Å². The molecule has 0 aliphatic heterocycles. The standard InChI is InChI=1S/C11H21N5/c1-9(2)12-8-10-13-14-15-16(10)11(3)6-4-5-7-11/h9,12H,4-8H2,1-3H3. The molecule has 0 bridgehead atoms. The molecule has 0 atom stereocenters. The van der Waals surface area contributed by atoms with Gasteiger partial charge in [0.25, 0.3) is 0 Å². The van der Waals surface area contributed by atoms with Crippen molar-refractivity contribution in [1.82, 2.24) is 25.5 Å². The van der Waals surface area contributed by atoms with E-state index in [1.54, 1.807) is 0 Å². The zero-order valence-electron chi connectivity index (χ0n) is 10.4. The van der Waals surface area contributed by atoms with Gasteiger partial charge in [-0.3, -0.25) is 0 Å². The average molecular weight is 223 g/mol. The smallest absolute Gasteiger partial charge is 0.165 e. The summed E-state index contributed by atoms with van der Waals surface area (Å²) in [5.41, 5.74) is 0.136. The normalized spacial score (nSPS) is 19.5. The molecule has 1 heterocycles. The Morgan fingerprint density at radius 1 is 1.38 bits per heavy atom. The Bertz CT molecular complexity index is 338. The lowest BCUT2D eigenvalue weighted by Crippen LogP contribution is -2.32. The van der Waals surface area contributed by atoms with Crippen LogP contribution in [0.2, 0.25) is 0 Å². The van der Waals surface area contributed by atoms with Gasteiger partial charge in [0.05, 0.1) is 12.1 Å². The quantitative estimate of drug-likeness (QED) is 0.839. The van der Waals surface area contributed by atoms with Crippen LogP contribution >= 0.6 is 0 Å². The minimum atomic E-state index is 0.136. The lowest BCUT2D eigenvalue weighted by atomic mass is 10.0. The van der Waals surface area contributed by atoms with Gasteiger partial charge in [-0.2, -0.15) is 0 Å². The third kappa shape index (κ3) is 2.24. The van der Waals surface area contributed by atoms with E-state index in [-0.39, 0.29) is 5.54 Å². The molecule has 16 heavy (non-hydrogen) atoms. The molecule has 2 rings (SSSR count). The monoisotopic (exact) mass is 223 g/mol. The molecule has 0 aromatic carbocycles. The molecule has 0 radical (unpaired) electrons.